The third-order valence-electron chi connectivity index (χ3n) is 2.57. The van der Waals surface area contributed by atoms with Crippen molar-refractivity contribution in [1.82, 2.24) is 0 Å². The quantitative estimate of drug-likeness (QED) is 0.674. The first-order valence-corrected chi connectivity index (χ1v) is 4.55. The van der Waals surface area contributed by atoms with Crippen LogP contribution < -0.4 is 0 Å². The van der Waals surface area contributed by atoms with Crippen LogP contribution in [0.25, 0.3) is 0 Å². The monoisotopic (exact) mass is 194 g/mol. The summed E-state index contributed by atoms with van der Waals surface area (Å²) in [6.07, 6.45) is 0.774. The molecule has 1 aromatic carbocycles. The zero-order valence-electron chi connectivity index (χ0n) is 7.87. The Morgan fingerprint density at radius 1 is 1.57 bits per heavy atom. The molecule has 3 heteroatoms. The molecule has 1 saturated carbocycles. The van der Waals surface area contributed by atoms with Gasteiger partial charge in [0.25, 0.3) is 0 Å². The van der Waals surface area contributed by atoms with Crippen LogP contribution in [-0.4, -0.2) is 13.1 Å². The molecule has 0 aromatic heterocycles. The van der Waals surface area contributed by atoms with Gasteiger partial charge >= 0.3 is 5.97 Å². The molecule has 14 heavy (non-hydrogen) atoms. The summed E-state index contributed by atoms with van der Waals surface area (Å²) >= 11 is 0. The molecule has 0 aliphatic heterocycles. The van der Waals surface area contributed by atoms with Crippen molar-refractivity contribution in [1.29, 1.82) is 0 Å². The average Bonchev–Trinajstić information content (AvgIpc) is 2.96. The smallest absolute Gasteiger partial charge is 0.309 e. The number of carbonyl (C=O) groups excluding carboxylic acids is 1. The molecule has 0 saturated heterocycles. The standard InChI is InChI=1S/C11H11FO2/c1-14-11(13)10-6-9(10)7-3-2-4-8(12)5-7/h2-5,9-10H,6H2,1H3/t9-,10+/m1/s1. The molecule has 2 rings (SSSR count). The minimum Gasteiger partial charge on any atom is -0.469 e. The minimum absolute atomic E-state index is 0.0678. The fraction of sp³-hybridized carbons (Fsp3) is 0.364. The molecule has 1 aliphatic carbocycles. The number of hydrogen-bond acceptors (Lipinski definition) is 2. The van der Waals surface area contributed by atoms with Crippen molar-refractivity contribution >= 4 is 5.97 Å². The highest BCUT2D eigenvalue weighted by Gasteiger charge is 2.44. The molecular weight excluding hydrogens is 183 g/mol. The van der Waals surface area contributed by atoms with Gasteiger partial charge in [-0.1, -0.05) is 12.1 Å². The zero-order valence-corrected chi connectivity index (χ0v) is 7.87. The highest BCUT2D eigenvalue weighted by molar-refractivity contribution is 5.77. The summed E-state index contributed by atoms with van der Waals surface area (Å²) in [7, 11) is 1.38. The summed E-state index contributed by atoms with van der Waals surface area (Å²) in [6, 6.07) is 6.39. The maximum Gasteiger partial charge on any atom is 0.309 e. The molecule has 1 fully saturated rings. The predicted molar refractivity (Wildman–Crippen MR) is 49.3 cm³/mol. The lowest BCUT2D eigenvalue weighted by Gasteiger charge is -1.99. The number of ether oxygens (including phenoxy) is 1. The van der Waals surface area contributed by atoms with Crippen LogP contribution in [0.3, 0.4) is 0 Å². The molecule has 1 aliphatic rings. The number of esters is 1. The molecule has 2 nitrogen and oxygen atoms in total. The Hall–Kier alpha value is -1.38. The van der Waals surface area contributed by atoms with E-state index < -0.39 is 0 Å². The number of methoxy groups -OCH3 is 1. The Labute approximate surface area is 81.7 Å². The van der Waals surface area contributed by atoms with Gasteiger partial charge in [-0.05, 0) is 30.0 Å². The van der Waals surface area contributed by atoms with E-state index in [0.717, 1.165) is 12.0 Å². The lowest BCUT2D eigenvalue weighted by atomic mass is 10.1. The highest BCUT2D eigenvalue weighted by Crippen LogP contribution is 2.48. The summed E-state index contributed by atoms with van der Waals surface area (Å²) in [5, 5.41) is 0. The van der Waals surface area contributed by atoms with Crippen LogP contribution in [0.15, 0.2) is 24.3 Å². The highest BCUT2D eigenvalue weighted by atomic mass is 19.1. The Morgan fingerprint density at radius 3 is 3.00 bits per heavy atom. The van der Waals surface area contributed by atoms with Gasteiger partial charge in [0.1, 0.15) is 5.82 Å². The van der Waals surface area contributed by atoms with Gasteiger partial charge < -0.3 is 4.74 Å². The first-order valence-electron chi connectivity index (χ1n) is 4.55. The van der Waals surface area contributed by atoms with Crippen molar-refractivity contribution in [2.45, 2.75) is 12.3 Å². The van der Waals surface area contributed by atoms with Gasteiger partial charge in [0.2, 0.25) is 0 Å². The van der Waals surface area contributed by atoms with Gasteiger partial charge in [-0.15, -0.1) is 0 Å². The molecule has 0 spiro atoms. The Bertz CT molecular complexity index is 362. The van der Waals surface area contributed by atoms with E-state index in [4.69, 9.17) is 0 Å². The number of benzene rings is 1. The van der Waals surface area contributed by atoms with E-state index in [9.17, 15) is 9.18 Å². The normalized spacial score (nSPS) is 24.4. The van der Waals surface area contributed by atoms with E-state index in [2.05, 4.69) is 4.74 Å². The molecule has 2 atom stereocenters. The number of rotatable bonds is 2. The number of hydrogen-bond donors (Lipinski definition) is 0. The third-order valence-corrected chi connectivity index (χ3v) is 2.57. The predicted octanol–water partition coefficient (Wildman–Crippen LogP) is 2.10. The average molecular weight is 194 g/mol. The Balaban J connectivity index is 2.09. The maximum absolute atomic E-state index is 12.8. The lowest BCUT2D eigenvalue weighted by molar-refractivity contribution is -0.142. The van der Waals surface area contributed by atoms with Crippen LogP contribution in [-0.2, 0) is 9.53 Å². The summed E-state index contributed by atoms with van der Waals surface area (Å²) in [4.78, 5) is 11.1. The van der Waals surface area contributed by atoms with Crippen LogP contribution in [0.2, 0.25) is 0 Å². The van der Waals surface area contributed by atoms with Gasteiger partial charge in [-0.3, -0.25) is 4.79 Å². The molecule has 0 unspecified atom stereocenters. The van der Waals surface area contributed by atoms with E-state index in [0.29, 0.717) is 0 Å². The van der Waals surface area contributed by atoms with Crippen molar-refractivity contribution in [3.05, 3.63) is 35.6 Å². The molecule has 74 valence electrons. The second-order valence-electron chi connectivity index (χ2n) is 3.53. The third kappa shape index (κ3) is 1.62. The maximum atomic E-state index is 12.8. The largest absolute Gasteiger partial charge is 0.469 e. The second-order valence-corrected chi connectivity index (χ2v) is 3.53. The fourth-order valence-electron chi connectivity index (χ4n) is 1.71. The summed E-state index contributed by atoms with van der Waals surface area (Å²) < 4.78 is 17.5. The molecular formula is C11H11FO2. The minimum atomic E-state index is -0.252. The summed E-state index contributed by atoms with van der Waals surface area (Å²) in [6.45, 7) is 0. The van der Waals surface area contributed by atoms with Crippen LogP contribution >= 0.6 is 0 Å². The van der Waals surface area contributed by atoms with Crippen LogP contribution in [0.4, 0.5) is 4.39 Å². The number of halogens is 1. The van der Waals surface area contributed by atoms with E-state index in [-0.39, 0.29) is 23.6 Å². The van der Waals surface area contributed by atoms with Crippen LogP contribution in [0.1, 0.15) is 17.9 Å². The van der Waals surface area contributed by atoms with Crippen LogP contribution in [0, 0.1) is 11.7 Å². The Morgan fingerprint density at radius 2 is 2.36 bits per heavy atom. The molecule has 0 heterocycles. The molecule has 0 radical (unpaired) electrons. The van der Waals surface area contributed by atoms with E-state index in [1.165, 1.54) is 19.2 Å². The van der Waals surface area contributed by atoms with Gasteiger partial charge in [0, 0.05) is 0 Å². The lowest BCUT2D eigenvalue weighted by Crippen LogP contribution is -2.03. The molecule has 0 N–H and O–H groups in total. The zero-order chi connectivity index (χ0) is 10.1. The van der Waals surface area contributed by atoms with E-state index >= 15 is 0 Å². The van der Waals surface area contributed by atoms with Gasteiger partial charge in [0.15, 0.2) is 0 Å². The van der Waals surface area contributed by atoms with E-state index in [1.807, 2.05) is 6.07 Å². The van der Waals surface area contributed by atoms with Crippen molar-refractivity contribution in [2.24, 2.45) is 5.92 Å². The molecule has 1 aromatic rings. The van der Waals surface area contributed by atoms with Gasteiger partial charge in [-0.25, -0.2) is 4.39 Å². The van der Waals surface area contributed by atoms with Crippen molar-refractivity contribution in [2.75, 3.05) is 7.11 Å². The Kier molecular flexibility index (Phi) is 2.23. The van der Waals surface area contributed by atoms with Crippen molar-refractivity contribution in [3.8, 4) is 0 Å². The van der Waals surface area contributed by atoms with Crippen molar-refractivity contribution in [3.63, 3.8) is 0 Å². The topological polar surface area (TPSA) is 26.3 Å². The van der Waals surface area contributed by atoms with Gasteiger partial charge in [0.05, 0.1) is 13.0 Å². The van der Waals surface area contributed by atoms with Crippen LogP contribution in [0.5, 0.6) is 0 Å². The van der Waals surface area contributed by atoms with Gasteiger partial charge in [-0.2, -0.15) is 0 Å². The molecule has 0 amide bonds. The molecule has 0 bridgehead atoms. The van der Waals surface area contributed by atoms with Crippen molar-refractivity contribution < 1.29 is 13.9 Å². The summed E-state index contributed by atoms with van der Waals surface area (Å²) in [5.74, 6) is -0.364. The first-order chi connectivity index (χ1) is 6.72. The second kappa shape index (κ2) is 3.40. The fourth-order valence-corrected chi connectivity index (χ4v) is 1.71. The first kappa shape index (κ1) is 9.19. The SMILES string of the molecule is COC(=O)[C@H]1C[C@@H]1c1cccc(F)c1. The summed E-state index contributed by atoms with van der Waals surface area (Å²) in [5.41, 5.74) is 0.889. The number of carbonyl (C=O) groups is 1. The van der Waals surface area contributed by atoms with E-state index in [1.54, 1.807) is 6.07 Å².